The first-order chi connectivity index (χ1) is 9.13. The summed E-state index contributed by atoms with van der Waals surface area (Å²) in [5.74, 6) is 0.797. The van der Waals surface area contributed by atoms with E-state index in [1.165, 1.54) is 19.4 Å². The fraction of sp³-hybridized carbons (Fsp3) is 0.933. The van der Waals surface area contributed by atoms with Crippen LogP contribution in [0.25, 0.3) is 0 Å². The molecule has 2 fully saturated rings. The molecule has 1 amide bonds. The van der Waals surface area contributed by atoms with Gasteiger partial charge in [0.1, 0.15) is 0 Å². The Bertz CT molecular complexity index is 286. The van der Waals surface area contributed by atoms with Gasteiger partial charge in [0.15, 0.2) is 0 Å². The quantitative estimate of drug-likeness (QED) is 0.712. The lowest BCUT2D eigenvalue weighted by Gasteiger charge is -2.46. The summed E-state index contributed by atoms with van der Waals surface area (Å²) in [6.45, 7) is 10.4. The third-order valence-corrected chi connectivity index (χ3v) is 4.44. The topological polar surface area (TPSA) is 32.8 Å². The second-order valence-electron chi connectivity index (χ2n) is 6.49. The van der Waals surface area contributed by atoms with Crippen LogP contribution < -0.4 is 0 Å². The van der Waals surface area contributed by atoms with Crippen LogP contribution >= 0.6 is 0 Å². The Labute approximate surface area is 117 Å². The zero-order valence-electron chi connectivity index (χ0n) is 12.4. The van der Waals surface area contributed by atoms with Crippen molar-refractivity contribution in [2.75, 3.05) is 39.3 Å². The molecule has 4 heteroatoms. The number of ether oxygens (including phenoxy) is 1. The molecular formula is C15H28N2O2. The largest absolute Gasteiger partial charge is 0.372 e. The minimum absolute atomic E-state index is 0.0234. The Hall–Kier alpha value is -0.610. The number of carbonyl (C=O) groups is 1. The van der Waals surface area contributed by atoms with Crippen molar-refractivity contribution in [3.63, 3.8) is 0 Å². The Morgan fingerprint density at radius 1 is 1.26 bits per heavy atom. The van der Waals surface area contributed by atoms with Crippen molar-refractivity contribution in [3.8, 4) is 0 Å². The third-order valence-electron chi connectivity index (χ3n) is 4.44. The van der Waals surface area contributed by atoms with Crippen LogP contribution in [0.5, 0.6) is 0 Å². The molecule has 2 rings (SSSR count). The molecule has 110 valence electrons. The van der Waals surface area contributed by atoms with Gasteiger partial charge in [0.25, 0.3) is 0 Å². The second-order valence-corrected chi connectivity index (χ2v) is 6.49. The van der Waals surface area contributed by atoms with Crippen molar-refractivity contribution in [2.24, 2.45) is 5.92 Å². The first kappa shape index (κ1) is 14.8. The number of nitrogens with zero attached hydrogens (tertiary/aromatic N) is 2. The summed E-state index contributed by atoms with van der Waals surface area (Å²) < 4.78 is 6.07. The standard InChI is InChI=1S/C15H28N2O2/c1-14(2)4-3-7-16-10-11-19-15(12-16)5-8-17(13-18)9-6-15/h13-14H,3-12H2,1-2H3. The van der Waals surface area contributed by atoms with Gasteiger partial charge in [-0.3, -0.25) is 9.69 Å². The fourth-order valence-corrected chi connectivity index (χ4v) is 3.18. The van der Waals surface area contributed by atoms with E-state index in [2.05, 4.69) is 18.7 Å². The number of carbonyl (C=O) groups excluding carboxylic acids is 1. The molecule has 0 saturated carbocycles. The van der Waals surface area contributed by atoms with Crippen molar-refractivity contribution >= 4 is 6.41 Å². The second kappa shape index (κ2) is 6.71. The van der Waals surface area contributed by atoms with Gasteiger partial charge < -0.3 is 9.64 Å². The van der Waals surface area contributed by atoms with Crippen molar-refractivity contribution in [3.05, 3.63) is 0 Å². The molecule has 2 aliphatic heterocycles. The highest BCUT2D eigenvalue weighted by Crippen LogP contribution is 2.29. The Kier molecular flexibility index (Phi) is 5.22. The highest BCUT2D eigenvalue weighted by molar-refractivity contribution is 5.47. The maximum atomic E-state index is 10.8. The molecule has 19 heavy (non-hydrogen) atoms. The SMILES string of the molecule is CC(C)CCCN1CCOC2(CCN(C=O)CC2)C1. The highest BCUT2D eigenvalue weighted by Gasteiger charge is 2.39. The van der Waals surface area contributed by atoms with Gasteiger partial charge in [-0.2, -0.15) is 0 Å². The lowest BCUT2D eigenvalue weighted by molar-refractivity contribution is -0.143. The van der Waals surface area contributed by atoms with E-state index < -0.39 is 0 Å². The van der Waals surface area contributed by atoms with Crippen LogP contribution in [0, 0.1) is 5.92 Å². The molecule has 0 aliphatic carbocycles. The molecule has 0 aromatic heterocycles. The van der Waals surface area contributed by atoms with Crippen LogP contribution in [0.4, 0.5) is 0 Å². The lowest BCUT2D eigenvalue weighted by Crippen LogP contribution is -2.56. The van der Waals surface area contributed by atoms with Crippen molar-refractivity contribution in [1.29, 1.82) is 0 Å². The van der Waals surface area contributed by atoms with Gasteiger partial charge in [0.2, 0.25) is 6.41 Å². The summed E-state index contributed by atoms with van der Waals surface area (Å²) in [7, 11) is 0. The van der Waals surface area contributed by atoms with Gasteiger partial charge in [-0.1, -0.05) is 13.8 Å². The number of morpholine rings is 1. The number of hydrogen-bond acceptors (Lipinski definition) is 3. The van der Waals surface area contributed by atoms with E-state index in [1.54, 1.807) is 0 Å². The maximum Gasteiger partial charge on any atom is 0.209 e. The monoisotopic (exact) mass is 268 g/mol. The molecule has 0 atom stereocenters. The molecule has 2 aliphatic rings. The number of likely N-dealkylation sites (tertiary alicyclic amines) is 1. The van der Waals surface area contributed by atoms with E-state index in [1.807, 2.05) is 4.90 Å². The summed E-state index contributed by atoms with van der Waals surface area (Å²) in [6, 6.07) is 0. The van der Waals surface area contributed by atoms with Gasteiger partial charge in [0, 0.05) is 26.2 Å². The van der Waals surface area contributed by atoms with Crippen molar-refractivity contribution in [1.82, 2.24) is 9.80 Å². The molecule has 0 radical (unpaired) electrons. The number of hydrogen-bond donors (Lipinski definition) is 0. The van der Waals surface area contributed by atoms with E-state index >= 15 is 0 Å². The Morgan fingerprint density at radius 2 is 2.00 bits per heavy atom. The van der Waals surface area contributed by atoms with Gasteiger partial charge in [-0.15, -0.1) is 0 Å². The van der Waals surface area contributed by atoms with E-state index in [4.69, 9.17) is 4.74 Å². The molecule has 1 spiro atoms. The molecule has 4 nitrogen and oxygen atoms in total. The molecule has 0 unspecified atom stereocenters. The summed E-state index contributed by atoms with van der Waals surface area (Å²) in [4.78, 5) is 15.2. The predicted molar refractivity (Wildman–Crippen MR) is 76.1 cm³/mol. The lowest BCUT2D eigenvalue weighted by atomic mass is 9.89. The number of piperidine rings is 1. The molecule has 0 aromatic rings. The first-order valence-corrected chi connectivity index (χ1v) is 7.69. The number of amides is 1. The van der Waals surface area contributed by atoms with Crippen LogP contribution in [-0.2, 0) is 9.53 Å². The summed E-state index contributed by atoms with van der Waals surface area (Å²) in [6.07, 6.45) is 5.55. The van der Waals surface area contributed by atoms with E-state index in [9.17, 15) is 4.79 Å². The Morgan fingerprint density at radius 3 is 2.63 bits per heavy atom. The van der Waals surface area contributed by atoms with Crippen molar-refractivity contribution < 1.29 is 9.53 Å². The minimum atomic E-state index is 0.0234. The van der Waals surface area contributed by atoms with E-state index in [0.29, 0.717) is 0 Å². The van der Waals surface area contributed by atoms with Crippen LogP contribution in [0.2, 0.25) is 0 Å². The van der Waals surface area contributed by atoms with Gasteiger partial charge in [0.05, 0.1) is 12.2 Å². The molecule has 0 N–H and O–H groups in total. The number of rotatable bonds is 5. The zero-order valence-corrected chi connectivity index (χ0v) is 12.4. The van der Waals surface area contributed by atoms with Gasteiger partial charge in [-0.05, 0) is 38.1 Å². The van der Waals surface area contributed by atoms with Crippen LogP contribution in [0.3, 0.4) is 0 Å². The normalized spacial score (nSPS) is 24.1. The van der Waals surface area contributed by atoms with Crippen LogP contribution in [0.1, 0.15) is 39.5 Å². The minimum Gasteiger partial charge on any atom is -0.372 e. The van der Waals surface area contributed by atoms with Gasteiger partial charge >= 0.3 is 0 Å². The van der Waals surface area contributed by atoms with E-state index in [0.717, 1.165) is 58.0 Å². The molecule has 2 saturated heterocycles. The van der Waals surface area contributed by atoms with Crippen molar-refractivity contribution in [2.45, 2.75) is 45.1 Å². The smallest absolute Gasteiger partial charge is 0.209 e. The zero-order chi connectivity index (χ0) is 13.7. The Balaban J connectivity index is 1.78. The first-order valence-electron chi connectivity index (χ1n) is 7.69. The average molecular weight is 268 g/mol. The van der Waals surface area contributed by atoms with Crippen LogP contribution in [-0.4, -0.2) is 61.1 Å². The fourth-order valence-electron chi connectivity index (χ4n) is 3.18. The molecular weight excluding hydrogens is 240 g/mol. The van der Waals surface area contributed by atoms with Gasteiger partial charge in [-0.25, -0.2) is 0 Å². The third kappa shape index (κ3) is 4.18. The predicted octanol–water partition coefficient (Wildman–Crippen LogP) is 1.75. The summed E-state index contributed by atoms with van der Waals surface area (Å²) >= 11 is 0. The average Bonchev–Trinajstić information content (AvgIpc) is 2.39. The van der Waals surface area contributed by atoms with Crippen LogP contribution in [0.15, 0.2) is 0 Å². The highest BCUT2D eigenvalue weighted by atomic mass is 16.5. The summed E-state index contributed by atoms with van der Waals surface area (Å²) in [5, 5.41) is 0. The molecule has 2 heterocycles. The molecule has 0 aromatic carbocycles. The molecule has 0 bridgehead atoms. The summed E-state index contributed by atoms with van der Waals surface area (Å²) in [5.41, 5.74) is 0.0234. The van der Waals surface area contributed by atoms with E-state index in [-0.39, 0.29) is 5.60 Å². The maximum absolute atomic E-state index is 10.8.